The van der Waals surface area contributed by atoms with E-state index in [9.17, 15) is 22.8 Å². The van der Waals surface area contributed by atoms with Crippen LogP contribution in [0.5, 0.6) is 11.5 Å². The Balaban J connectivity index is 2.11. The summed E-state index contributed by atoms with van der Waals surface area (Å²) in [5.74, 6) is -1.44. The molecule has 3 N–H and O–H groups in total. The number of allylic oxidation sites excluding steroid dienone is 1. The monoisotopic (exact) mass is 505 g/mol. The Morgan fingerprint density at radius 3 is 2.71 bits per heavy atom. The highest BCUT2D eigenvalue weighted by atomic mass is 35.5. The number of nitrogens with two attached hydrogens (primary N) is 1. The van der Waals surface area contributed by atoms with Crippen molar-refractivity contribution < 1.29 is 17.9 Å². The van der Waals surface area contributed by atoms with Gasteiger partial charge in [0.15, 0.2) is 5.69 Å². The third kappa shape index (κ3) is 5.74. The average molecular weight is 506 g/mol. The molecule has 3 rings (SSSR count). The first-order chi connectivity index (χ1) is 16.6. The molecule has 0 aliphatic heterocycles. The van der Waals surface area contributed by atoms with Crippen LogP contribution in [0.15, 0.2) is 51.4 Å². The number of hydrogen-bond acceptors (Lipinski definition) is 8. The van der Waals surface area contributed by atoms with Crippen molar-refractivity contribution in [2.45, 2.75) is 12.7 Å². The molecule has 0 amide bonds. The quantitative estimate of drug-likeness (QED) is 0.488. The van der Waals surface area contributed by atoms with Gasteiger partial charge in [-0.3, -0.25) is 19.1 Å². The van der Waals surface area contributed by atoms with Gasteiger partial charge in [-0.05, 0) is 24.3 Å². The summed E-state index contributed by atoms with van der Waals surface area (Å²) in [4.78, 5) is 32.4. The van der Waals surface area contributed by atoms with Crippen LogP contribution in [-0.4, -0.2) is 33.0 Å². The molecule has 0 atom stereocenters. The van der Waals surface area contributed by atoms with Crippen LogP contribution in [0.2, 0.25) is 5.02 Å². The van der Waals surface area contributed by atoms with E-state index in [1.807, 2.05) is 0 Å². The van der Waals surface area contributed by atoms with Gasteiger partial charge in [0.2, 0.25) is 5.75 Å². The minimum absolute atomic E-state index is 0.000467. The summed E-state index contributed by atoms with van der Waals surface area (Å²) < 4.78 is 46.7. The first-order valence-corrected chi connectivity index (χ1v) is 9.93. The Hall–Kier alpha value is -4.44. The Morgan fingerprint density at radius 1 is 1.34 bits per heavy atom. The molecular formula is C21H15ClF3N7O3. The zero-order chi connectivity index (χ0) is 25.8. The molecule has 2 aromatic heterocycles. The second kappa shape index (κ2) is 10.2. The van der Waals surface area contributed by atoms with Gasteiger partial charge < -0.3 is 10.5 Å². The van der Waals surface area contributed by atoms with Crippen molar-refractivity contribution in [1.82, 2.24) is 19.7 Å². The summed E-state index contributed by atoms with van der Waals surface area (Å²) in [5.41, 5.74) is 2.56. The van der Waals surface area contributed by atoms with E-state index in [2.05, 4.69) is 20.2 Å². The van der Waals surface area contributed by atoms with Crippen molar-refractivity contribution in [3.63, 3.8) is 0 Å². The molecule has 10 nitrogen and oxygen atoms in total. The van der Waals surface area contributed by atoms with E-state index in [-0.39, 0.29) is 27.6 Å². The van der Waals surface area contributed by atoms with Crippen molar-refractivity contribution in [1.29, 1.82) is 5.26 Å². The molecule has 0 fully saturated rings. The largest absolute Gasteiger partial charge is 0.449 e. The molecule has 14 heteroatoms. The molecule has 0 saturated heterocycles. The van der Waals surface area contributed by atoms with E-state index in [0.29, 0.717) is 11.9 Å². The van der Waals surface area contributed by atoms with Gasteiger partial charge in [-0.2, -0.15) is 23.5 Å². The van der Waals surface area contributed by atoms with E-state index >= 15 is 0 Å². The number of alkyl halides is 3. The van der Waals surface area contributed by atoms with E-state index < -0.39 is 35.3 Å². The average Bonchev–Trinajstić information content (AvgIpc) is 2.80. The predicted octanol–water partition coefficient (Wildman–Crippen LogP) is 2.71. The van der Waals surface area contributed by atoms with Crippen LogP contribution in [0.1, 0.15) is 22.5 Å². The topological polar surface area (TPSA) is 152 Å². The summed E-state index contributed by atoms with van der Waals surface area (Å²) in [6, 6.07) is 6.59. The first kappa shape index (κ1) is 25.2. The van der Waals surface area contributed by atoms with Crippen molar-refractivity contribution in [2.75, 3.05) is 7.05 Å². The van der Waals surface area contributed by atoms with Gasteiger partial charge in [-0.25, -0.2) is 10.1 Å². The molecule has 35 heavy (non-hydrogen) atoms. The number of aromatic amines is 1. The van der Waals surface area contributed by atoms with E-state index in [4.69, 9.17) is 27.3 Å². The van der Waals surface area contributed by atoms with E-state index in [1.54, 1.807) is 6.07 Å². The maximum atomic E-state index is 13.6. The molecule has 3 aromatic rings. The summed E-state index contributed by atoms with van der Waals surface area (Å²) in [5, 5.41) is 15.1. The molecule has 0 radical (unpaired) electrons. The molecule has 0 saturated carbocycles. The Kier molecular flexibility index (Phi) is 7.36. The zero-order valence-corrected chi connectivity index (χ0v) is 18.6. The summed E-state index contributed by atoms with van der Waals surface area (Å²) in [7, 11) is 1.49. The van der Waals surface area contributed by atoms with E-state index in [1.165, 1.54) is 31.6 Å². The van der Waals surface area contributed by atoms with Crippen LogP contribution < -0.4 is 21.6 Å². The van der Waals surface area contributed by atoms with Crippen LogP contribution >= 0.6 is 11.6 Å². The number of benzene rings is 1. The standard InChI is InChI=1S/C21H15ClF3N7O3/c1-28-8-13(7-27)16-4-12(19(33)31-30-16)9-32-10-29-18(21(23,24)25)17(20(32)34)35-15-3-11(6-26)2-14(22)5-15/h2-5,7-8,10H,9,27H2,1H3,(H,31,33). The van der Waals surface area contributed by atoms with Crippen molar-refractivity contribution in [2.24, 2.45) is 10.7 Å². The molecule has 180 valence electrons. The lowest BCUT2D eigenvalue weighted by Crippen LogP contribution is -2.29. The lowest BCUT2D eigenvalue weighted by molar-refractivity contribution is -0.142. The third-order valence-corrected chi connectivity index (χ3v) is 4.67. The number of nitrogens with one attached hydrogen (secondary N) is 1. The normalized spacial score (nSPS) is 12.1. The second-order valence-electron chi connectivity index (χ2n) is 6.86. The molecule has 0 unspecified atom stereocenters. The minimum atomic E-state index is -5.04. The van der Waals surface area contributed by atoms with Gasteiger partial charge in [-0.1, -0.05) is 11.6 Å². The van der Waals surface area contributed by atoms with Crippen LogP contribution in [0.25, 0.3) is 5.57 Å². The van der Waals surface area contributed by atoms with E-state index in [0.717, 1.165) is 16.7 Å². The fraction of sp³-hybridized carbons (Fsp3) is 0.143. The number of nitriles is 1. The lowest BCUT2D eigenvalue weighted by Gasteiger charge is -2.15. The molecule has 0 bridgehead atoms. The third-order valence-electron chi connectivity index (χ3n) is 4.45. The number of aromatic nitrogens is 4. The van der Waals surface area contributed by atoms with Gasteiger partial charge in [0.25, 0.3) is 11.1 Å². The predicted molar refractivity (Wildman–Crippen MR) is 120 cm³/mol. The second-order valence-corrected chi connectivity index (χ2v) is 7.30. The SMILES string of the molecule is CN=CC(=CN)c1cc(Cn2cnc(C(F)(F)F)c(Oc3cc(Cl)cc(C#N)c3)c2=O)c(=O)[nH]n1. The van der Waals surface area contributed by atoms with Crippen molar-refractivity contribution in [3.8, 4) is 17.6 Å². The molecule has 1 aromatic carbocycles. The summed E-state index contributed by atoms with van der Waals surface area (Å²) in [6.45, 7) is -0.467. The number of rotatable bonds is 6. The molecule has 0 aliphatic rings. The van der Waals surface area contributed by atoms with Crippen LogP contribution in [-0.2, 0) is 12.7 Å². The van der Waals surface area contributed by atoms with Gasteiger partial charge >= 0.3 is 6.18 Å². The van der Waals surface area contributed by atoms with Gasteiger partial charge in [0.05, 0.1) is 30.2 Å². The van der Waals surface area contributed by atoms with Gasteiger partial charge in [0.1, 0.15) is 5.75 Å². The highest BCUT2D eigenvalue weighted by molar-refractivity contribution is 6.30. The highest BCUT2D eigenvalue weighted by Gasteiger charge is 2.38. The molecule has 0 aliphatic carbocycles. The Labute approximate surface area is 199 Å². The number of halogens is 4. The van der Waals surface area contributed by atoms with Gasteiger partial charge in [0, 0.05) is 35.6 Å². The van der Waals surface area contributed by atoms with Crippen LogP contribution in [0.4, 0.5) is 13.2 Å². The number of nitrogens with zero attached hydrogens (tertiary/aromatic N) is 5. The molecule has 0 spiro atoms. The lowest BCUT2D eigenvalue weighted by atomic mass is 10.1. The number of aliphatic imine (C=N–C) groups is 1. The van der Waals surface area contributed by atoms with Crippen LogP contribution in [0, 0.1) is 11.3 Å². The Morgan fingerprint density at radius 2 is 2.09 bits per heavy atom. The number of H-pyrrole nitrogens is 1. The van der Waals surface area contributed by atoms with Crippen molar-refractivity contribution in [3.05, 3.63) is 85.0 Å². The fourth-order valence-electron chi connectivity index (χ4n) is 2.91. The maximum absolute atomic E-state index is 13.6. The molecule has 2 heterocycles. The summed E-state index contributed by atoms with van der Waals surface area (Å²) in [6.07, 6.45) is -1.83. The maximum Gasteiger partial charge on any atom is 0.437 e. The fourth-order valence-corrected chi connectivity index (χ4v) is 3.13. The zero-order valence-electron chi connectivity index (χ0n) is 17.8. The molecular weight excluding hydrogens is 491 g/mol. The van der Waals surface area contributed by atoms with Crippen LogP contribution in [0.3, 0.4) is 0 Å². The summed E-state index contributed by atoms with van der Waals surface area (Å²) >= 11 is 5.88. The number of ether oxygens (including phenoxy) is 1. The minimum Gasteiger partial charge on any atom is -0.449 e. The number of hydrogen-bond donors (Lipinski definition) is 2. The Bertz CT molecular complexity index is 1490. The highest BCUT2D eigenvalue weighted by Crippen LogP contribution is 2.35. The van der Waals surface area contributed by atoms with Crippen molar-refractivity contribution >= 4 is 23.4 Å². The first-order valence-electron chi connectivity index (χ1n) is 9.55. The smallest absolute Gasteiger partial charge is 0.437 e. The van der Waals surface area contributed by atoms with Gasteiger partial charge in [-0.15, -0.1) is 0 Å².